The van der Waals surface area contributed by atoms with E-state index in [0.717, 1.165) is 6.42 Å². The largest absolute Gasteiger partial charge is 0.465 e. The Morgan fingerprint density at radius 3 is 2.21 bits per heavy atom. The van der Waals surface area contributed by atoms with Gasteiger partial charge in [-0.3, -0.25) is 4.79 Å². The third-order valence-electron chi connectivity index (χ3n) is 3.37. The van der Waals surface area contributed by atoms with E-state index < -0.39 is 5.97 Å². The molecule has 0 radical (unpaired) electrons. The summed E-state index contributed by atoms with van der Waals surface area (Å²) in [6.07, 6.45) is 0.364. The molecular weight excluding hydrogens is 312 g/mol. The van der Waals surface area contributed by atoms with E-state index in [1.165, 1.54) is 0 Å². The standard InChI is InChI=1S/C18H26O6/c1-5-13(3)17(19)22-11-12-23-18(20)15-7-9-16(10-8-15)24-14(4)21-6-2/h7-10,13-14H,5-6,11-12H2,1-4H3. The number of carbonyl (C=O) groups excluding carboxylic acids is 2. The summed E-state index contributed by atoms with van der Waals surface area (Å²) in [5, 5.41) is 0. The fourth-order valence-electron chi connectivity index (χ4n) is 1.80. The van der Waals surface area contributed by atoms with Crippen molar-refractivity contribution in [3.63, 3.8) is 0 Å². The first kappa shape index (κ1) is 20.0. The molecule has 0 aromatic heterocycles. The Morgan fingerprint density at radius 1 is 1.00 bits per heavy atom. The molecule has 0 fully saturated rings. The average molecular weight is 338 g/mol. The summed E-state index contributed by atoms with van der Waals surface area (Å²) in [6.45, 7) is 8.04. The van der Waals surface area contributed by atoms with Crippen LogP contribution >= 0.6 is 0 Å². The highest BCUT2D eigenvalue weighted by molar-refractivity contribution is 5.89. The van der Waals surface area contributed by atoms with Crippen LogP contribution in [0.2, 0.25) is 0 Å². The third kappa shape index (κ3) is 7.00. The molecule has 0 N–H and O–H groups in total. The summed E-state index contributed by atoms with van der Waals surface area (Å²) < 4.78 is 20.9. The van der Waals surface area contributed by atoms with Crippen molar-refractivity contribution < 1.29 is 28.5 Å². The van der Waals surface area contributed by atoms with Crippen molar-refractivity contribution in [2.24, 2.45) is 5.92 Å². The minimum Gasteiger partial charge on any atom is -0.465 e. The second-order valence-electron chi connectivity index (χ2n) is 5.28. The van der Waals surface area contributed by atoms with Crippen molar-refractivity contribution >= 4 is 11.9 Å². The maximum atomic E-state index is 11.9. The second kappa shape index (κ2) is 10.6. The maximum absolute atomic E-state index is 11.9. The SMILES string of the molecule is CCOC(C)Oc1ccc(C(=O)OCCOC(=O)C(C)CC)cc1. The van der Waals surface area contributed by atoms with E-state index in [2.05, 4.69) is 0 Å². The Balaban J connectivity index is 2.36. The van der Waals surface area contributed by atoms with Crippen LogP contribution in [0.4, 0.5) is 0 Å². The molecule has 24 heavy (non-hydrogen) atoms. The number of benzene rings is 1. The van der Waals surface area contributed by atoms with Crippen LogP contribution in [0, 0.1) is 5.92 Å². The van der Waals surface area contributed by atoms with Gasteiger partial charge in [0.25, 0.3) is 0 Å². The van der Waals surface area contributed by atoms with E-state index in [1.54, 1.807) is 38.1 Å². The molecule has 0 saturated heterocycles. The number of ether oxygens (including phenoxy) is 4. The van der Waals surface area contributed by atoms with Crippen molar-refractivity contribution in [3.05, 3.63) is 29.8 Å². The number of hydrogen-bond acceptors (Lipinski definition) is 6. The topological polar surface area (TPSA) is 71.1 Å². The first-order valence-corrected chi connectivity index (χ1v) is 8.20. The van der Waals surface area contributed by atoms with Gasteiger partial charge in [0.15, 0.2) is 6.29 Å². The van der Waals surface area contributed by atoms with E-state index in [9.17, 15) is 9.59 Å². The molecule has 1 rings (SSSR count). The van der Waals surface area contributed by atoms with Crippen LogP contribution in [0.3, 0.4) is 0 Å². The first-order valence-electron chi connectivity index (χ1n) is 8.20. The number of carbonyl (C=O) groups is 2. The van der Waals surface area contributed by atoms with Gasteiger partial charge in [-0.05, 0) is 44.5 Å². The van der Waals surface area contributed by atoms with Crippen LogP contribution in [0.15, 0.2) is 24.3 Å². The summed E-state index contributed by atoms with van der Waals surface area (Å²) in [5.41, 5.74) is 0.402. The Kier molecular flexibility index (Phi) is 8.86. The van der Waals surface area contributed by atoms with E-state index in [0.29, 0.717) is 17.9 Å². The molecule has 0 saturated carbocycles. The van der Waals surface area contributed by atoms with E-state index in [1.807, 2.05) is 13.8 Å². The lowest BCUT2D eigenvalue weighted by atomic mass is 10.1. The third-order valence-corrected chi connectivity index (χ3v) is 3.37. The highest BCUT2D eigenvalue weighted by Gasteiger charge is 2.12. The van der Waals surface area contributed by atoms with Gasteiger partial charge in [0.1, 0.15) is 19.0 Å². The lowest BCUT2D eigenvalue weighted by molar-refractivity contribution is -0.149. The van der Waals surface area contributed by atoms with Crippen LogP contribution in [0.5, 0.6) is 5.75 Å². The van der Waals surface area contributed by atoms with Crippen LogP contribution in [-0.2, 0) is 19.0 Å². The number of hydrogen-bond donors (Lipinski definition) is 0. The van der Waals surface area contributed by atoms with Crippen LogP contribution in [-0.4, -0.2) is 38.0 Å². The molecule has 0 bridgehead atoms. The van der Waals surface area contributed by atoms with Crippen LogP contribution < -0.4 is 4.74 Å². The number of rotatable bonds is 10. The molecule has 0 heterocycles. The predicted octanol–water partition coefficient (Wildman–Crippen LogP) is 3.19. The molecular formula is C18H26O6. The summed E-state index contributed by atoms with van der Waals surface area (Å²) in [4.78, 5) is 23.4. The molecule has 6 heteroatoms. The highest BCUT2D eigenvalue weighted by atomic mass is 16.7. The minimum absolute atomic E-state index is 0.0284. The molecule has 1 aromatic rings. The number of esters is 2. The lowest BCUT2D eigenvalue weighted by Crippen LogP contribution is -2.18. The zero-order chi connectivity index (χ0) is 17.9. The average Bonchev–Trinajstić information content (AvgIpc) is 2.58. The summed E-state index contributed by atoms with van der Waals surface area (Å²) in [5.74, 6) is -0.292. The van der Waals surface area contributed by atoms with Gasteiger partial charge >= 0.3 is 11.9 Å². The monoisotopic (exact) mass is 338 g/mol. The second-order valence-corrected chi connectivity index (χ2v) is 5.28. The van der Waals surface area contributed by atoms with E-state index in [-0.39, 0.29) is 31.4 Å². The van der Waals surface area contributed by atoms with Gasteiger partial charge in [0, 0.05) is 6.61 Å². The molecule has 6 nitrogen and oxygen atoms in total. The Hall–Kier alpha value is -2.08. The Morgan fingerprint density at radius 2 is 1.62 bits per heavy atom. The molecule has 0 spiro atoms. The smallest absolute Gasteiger partial charge is 0.338 e. The molecule has 1 aromatic carbocycles. The van der Waals surface area contributed by atoms with Crippen molar-refractivity contribution in [1.82, 2.24) is 0 Å². The Labute approximate surface area is 143 Å². The molecule has 0 amide bonds. The quantitative estimate of drug-likeness (QED) is 0.371. The van der Waals surface area contributed by atoms with E-state index in [4.69, 9.17) is 18.9 Å². The fourth-order valence-corrected chi connectivity index (χ4v) is 1.80. The Bertz CT molecular complexity index is 511. The van der Waals surface area contributed by atoms with Crippen molar-refractivity contribution in [2.45, 2.75) is 40.4 Å². The van der Waals surface area contributed by atoms with E-state index >= 15 is 0 Å². The first-order chi connectivity index (χ1) is 11.5. The van der Waals surface area contributed by atoms with Gasteiger partial charge in [-0.2, -0.15) is 0 Å². The fraction of sp³-hybridized carbons (Fsp3) is 0.556. The van der Waals surface area contributed by atoms with Crippen molar-refractivity contribution in [2.75, 3.05) is 19.8 Å². The molecule has 134 valence electrons. The molecule has 2 unspecified atom stereocenters. The van der Waals surface area contributed by atoms with Gasteiger partial charge in [-0.25, -0.2) is 4.79 Å². The van der Waals surface area contributed by atoms with Gasteiger partial charge in [-0.1, -0.05) is 13.8 Å². The normalized spacial score (nSPS) is 13.0. The summed E-state index contributed by atoms with van der Waals surface area (Å²) in [7, 11) is 0. The highest BCUT2D eigenvalue weighted by Crippen LogP contribution is 2.15. The van der Waals surface area contributed by atoms with Gasteiger partial charge < -0.3 is 18.9 Å². The summed E-state index contributed by atoms with van der Waals surface area (Å²) in [6, 6.07) is 6.58. The zero-order valence-corrected chi connectivity index (χ0v) is 14.7. The van der Waals surface area contributed by atoms with Crippen LogP contribution in [0.1, 0.15) is 44.5 Å². The lowest BCUT2D eigenvalue weighted by Gasteiger charge is -2.14. The molecule has 0 aliphatic rings. The minimum atomic E-state index is -0.473. The van der Waals surface area contributed by atoms with Crippen molar-refractivity contribution in [3.8, 4) is 5.75 Å². The summed E-state index contributed by atoms with van der Waals surface area (Å²) >= 11 is 0. The van der Waals surface area contributed by atoms with Gasteiger partial charge in [-0.15, -0.1) is 0 Å². The van der Waals surface area contributed by atoms with Crippen molar-refractivity contribution in [1.29, 1.82) is 0 Å². The van der Waals surface area contributed by atoms with Gasteiger partial charge in [0.2, 0.25) is 0 Å². The zero-order valence-electron chi connectivity index (χ0n) is 14.7. The maximum Gasteiger partial charge on any atom is 0.338 e. The molecule has 0 aliphatic carbocycles. The molecule has 0 aliphatic heterocycles. The molecule has 2 atom stereocenters. The predicted molar refractivity (Wildman–Crippen MR) is 88.9 cm³/mol. The van der Waals surface area contributed by atoms with Crippen LogP contribution in [0.25, 0.3) is 0 Å². The van der Waals surface area contributed by atoms with Gasteiger partial charge in [0.05, 0.1) is 11.5 Å².